The van der Waals surface area contributed by atoms with Crippen LogP contribution in [0.2, 0.25) is 0 Å². The molecule has 3 rings (SSSR count). The van der Waals surface area contributed by atoms with Crippen LogP contribution in [0.4, 0.5) is 4.39 Å². The fourth-order valence-electron chi connectivity index (χ4n) is 2.46. The second kappa shape index (κ2) is 4.91. The number of aryl methyl sites for hydroxylation is 1. The quantitative estimate of drug-likeness (QED) is 0.621. The van der Waals surface area contributed by atoms with E-state index in [1.54, 1.807) is 12.1 Å². The highest BCUT2D eigenvalue weighted by molar-refractivity contribution is 6.20. The summed E-state index contributed by atoms with van der Waals surface area (Å²) in [4.78, 5) is 4.55. The van der Waals surface area contributed by atoms with E-state index in [0.29, 0.717) is 11.5 Å². The molecule has 1 unspecified atom stereocenters. The molecule has 1 heterocycles. The van der Waals surface area contributed by atoms with E-state index in [1.807, 2.05) is 42.7 Å². The van der Waals surface area contributed by atoms with Gasteiger partial charge in [0.05, 0.1) is 22.1 Å². The molecule has 0 saturated heterocycles. The summed E-state index contributed by atoms with van der Waals surface area (Å²) >= 11 is 6.23. The van der Waals surface area contributed by atoms with Crippen molar-refractivity contribution >= 4 is 22.6 Å². The fourth-order valence-corrected chi connectivity index (χ4v) is 2.60. The van der Waals surface area contributed by atoms with Crippen LogP contribution in [-0.2, 0) is 0 Å². The first-order valence-corrected chi connectivity index (χ1v) is 6.90. The van der Waals surface area contributed by atoms with E-state index in [4.69, 9.17) is 11.6 Å². The van der Waals surface area contributed by atoms with Crippen molar-refractivity contribution in [3.05, 3.63) is 59.7 Å². The second-order valence-corrected chi connectivity index (χ2v) is 5.47. The molecule has 1 aromatic heterocycles. The molecule has 0 N–H and O–H groups in total. The molecule has 0 bridgehead atoms. The monoisotopic (exact) mass is 288 g/mol. The molecule has 0 fully saturated rings. The maximum absolute atomic E-state index is 14.2. The summed E-state index contributed by atoms with van der Waals surface area (Å²) in [7, 11) is 0. The van der Waals surface area contributed by atoms with Crippen LogP contribution in [0.5, 0.6) is 0 Å². The van der Waals surface area contributed by atoms with Gasteiger partial charge in [0.2, 0.25) is 0 Å². The Hall–Kier alpha value is -1.87. The number of rotatable bonds is 2. The second-order valence-electron chi connectivity index (χ2n) is 4.82. The van der Waals surface area contributed by atoms with Crippen molar-refractivity contribution in [1.29, 1.82) is 0 Å². The molecular weight excluding hydrogens is 275 g/mol. The number of hydrogen-bond acceptors (Lipinski definition) is 1. The van der Waals surface area contributed by atoms with Gasteiger partial charge in [-0.3, -0.25) is 4.57 Å². The standard InChI is InChI=1S/C16H14ClFN2/c1-10-6-5-8-13-15(10)20(16(19-13)11(2)17)14-9-4-3-7-12(14)18/h3-9,11H,1-2H3. The normalized spacial score (nSPS) is 12.8. The minimum atomic E-state index is -0.304. The Morgan fingerprint density at radius 1 is 1.15 bits per heavy atom. The molecule has 0 amide bonds. The highest BCUT2D eigenvalue weighted by Gasteiger charge is 2.19. The van der Waals surface area contributed by atoms with E-state index < -0.39 is 0 Å². The molecule has 0 aliphatic carbocycles. The van der Waals surface area contributed by atoms with E-state index in [9.17, 15) is 4.39 Å². The third kappa shape index (κ3) is 1.98. The Labute approximate surface area is 121 Å². The summed E-state index contributed by atoms with van der Waals surface area (Å²) in [6.45, 7) is 3.83. The Morgan fingerprint density at radius 2 is 1.90 bits per heavy atom. The number of alkyl halides is 1. The summed E-state index contributed by atoms with van der Waals surface area (Å²) in [5, 5.41) is -0.304. The number of para-hydroxylation sites is 2. The lowest BCUT2D eigenvalue weighted by atomic mass is 10.2. The molecule has 20 heavy (non-hydrogen) atoms. The lowest BCUT2D eigenvalue weighted by Gasteiger charge is -2.12. The van der Waals surface area contributed by atoms with Crippen LogP contribution in [0.1, 0.15) is 23.7 Å². The Morgan fingerprint density at radius 3 is 2.60 bits per heavy atom. The molecule has 102 valence electrons. The minimum Gasteiger partial charge on any atom is -0.292 e. The smallest absolute Gasteiger partial charge is 0.147 e. The van der Waals surface area contributed by atoms with Crippen LogP contribution in [0.25, 0.3) is 16.7 Å². The number of imidazole rings is 1. The van der Waals surface area contributed by atoms with Crippen molar-refractivity contribution in [2.75, 3.05) is 0 Å². The molecule has 0 aliphatic heterocycles. The predicted octanol–water partition coefficient (Wildman–Crippen LogP) is 4.77. The van der Waals surface area contributed by atoms with E-state index in [-0.39, 0.29) is 11.2 Å². The number of fused-ring (bicyclic) bond motifs is 1. The number of halogens is 2. The molecule has 1 atom stereocenters. The summed E-state index contributed by atoms with van der Waals surface area (Å²) < 4.78 is 16.0. The van der Waals surface area contributed by atoms with Gasteiger partial charge >= 0.3 is 0 Å². The molecule has 2 aromatic carbocycles. The number of nitrogens with zero attached hydrogens (tertiary/aromatic N) is 2. The van der Waals surface area contributed by atoms with Crippen LogP contribution in [0.3, 0.4) is 0 Å². The molecule has 0 aliphatic rings. The van der Waals surface area contributed by atoms with Crippen LogP contribution in [-0.4, -0.2) is 9.55 Å². The summed E-state index contributed by atoms with van der Waals surface area (Å²) in [5.41, 5.74) is 3.25. The van der Waals surface area contributed by atoms with Gasteiger partial charge in [0.1, 0.15) is 11.6 Å². The van der Waals surface area contributed by atoms with Gasteiger partial charge in [-0.1, -0.05) is 24.3 Å². The van der Waals surface area contributed by atoms with Crippen LogP contribution >= 0.6 is 11.6 Å². The van der Waals surface area contributed by atoms with Gasteiger partial charge in [0.25, 0.3) is 0 Å². The van der Waals surface area contributed by atoms with Crippen LogP contribution < -0.4 is 0 Å². The number of aromatic nitrogens is 2. The zero-order chi connectivity index (χ0) is 14.3. The first-order valence-electron chi connectivity index (χ1n) is 6.46. The van der Waals surface area contributed by atoms with Crippen molar-refractivity contribution in [2.45, 2.75) is 19.2 Å². The lowest BCUT2D eigenvalue weighted by Crippen LogP contribution is -2.04. The zero-order valence-corrected chi connectivity index (χ0v) is 12.0. The van der Waals surface area contributed by atoms with Crippen molar-refractivity contribution < 1.29 is 4.39 Å². The lowest BCUT2D eigenvalue weighted by molar-refractivity contribution is 0.616. The maximum Gasteiger partial charge on any atom is 0.147 e. The predicted molar refractivity (Wildman–Crippen MR) is 80.0 cm³/mol. The highest BCUT2D eigenvalue weighted by atomic mass is 35.5. The number of benzene rings is 2. The average molecular weight is 289 g/mol. The topological polar surface area (TPSA) is 17.8 Å². The first-order chi connectivity index (χ1) is 9.59. The van der Waals surface area contributed by atoms with Crippen molar-refractivity contribution in [1.82, 2.24) is 9.55 Å². The van der Waals surface area contributed by atoms with Gasteiger partial charge in [0.15, 0.2) is 0 Å². The van der Waals surface area contributed by atoms with Crippen molar-refractivity contribution in [3.8, 4) is 5.69 Å². The minimum absolute atomic E-state index is 0.284. The van der Waals surface area contributed by atoms with Crippen molar-refractivity contribution in [3.63, 3.8) is 0 Å². The highest BCUT2D eigenvalue weighted by Crippen LogP contribution is 2.30. The third-order valence-corrected chi connectivity index (χ3v) is 3.55. The van der Waals surface area contributed by atoms with Gasteiger partial charge < -0.3 is 0 Å². The molecule has 0 radical (unpaired) electrons. The van der Waals surface area contributed by atoms with Gasteiger partial charge in [-0.2, -0.15) is 0 Å². The third-order valence-electron chi connectivity index (χ3n) is 3.35. The molecule has 0 spiro atoms. The van der Waals surface area contributed by atoms with Crippen molar-refractivity contribution in [2.24, 2.45) is 0 Å². The molecule has 3 aromatic rings. The SMILES string of the molecule is Cc1cccc2nc(C(C)Cl)n(-c3ccccc3F)c12. The van der Waals surface area contributed by atoms with E-state index in [0.717, 1.165) is 16.6 Å². The number of hydrogen-bond donors (Lipinski definition) is 0. The molecule has 2 nitrogen and oxygen atoms in total. The summed E-state index contributed by atoms with van der Waals surface area (Å²) in [5.74, 6) is 0.370. The zero-order valence-electron chi connectivity index (χ0n) is 11.3. The fraction of sp³-hybridized carbons (Fsp3) is 0.188. The summed E-state index contributed by atoms with van der Waals surface area (Å²) in [6, 6.07) is 12.5. The van der Waals surface area contributed by atoms with E-state index >= 15 is 0 Å². The van der Waals surface area contributed by atoms with E-state index in [1.165, 1.54) is 6.07 Å². The van der Waals surface area contributed by atoms with Crippen LogP contribution in [0, 0.1) is 12.7 Å². The first kappa shape index (κ1) is 13.1. The average Bonchev–Trinajstić information content (AvgIpc) is 2.80. The van der Waals surface area contributed by atoms with Crippen LogP contribution in [0.15, 0.2) is 42.5 Å². The van der Waals surface area contributed by atoms with E-state index in [2.05, 4.69) is 4.98 Å². The maximum atomic E-state index is 14.2. The Kier molecular flexibility index (Phi) is 3.22. The summed E-state index contributed by atoms with van der Waals surface area (Å²) in [6.07, 6.45) is 0. The Bertz CT molecular complexity index is 777. The van der Waals surface area contributed by atoms with Gasteiger partial charge in [-0.15, -0.1) is 11.6 Å². The molecular formula is C16H14ClFN2. The van der Waals surface area contributed by atoms with Gasteiger partial charge in [-0.05, 0) is 37.6 Å². The van der Waals surface area contributed by atoms with Gasteiger partial charge in [0, 0.05) is 0 Å². The largest absolute Gasteiger partial charge is 0.292 e. The molecule has 0 saturated carbocycles. The Balaban J connectivity index is 2.44. The van der Waals surface area contributed by atoms with Gasteiger partial charge in [-0.25, -0.2) is 9.37 Å². The molecule has 4 heteroatoms.